The third kappa shape index (κ3) is 6.55. The number of nitrogens with one attached hydrogen (secondary N) is 1. The molecule has 0 saturated heterocycles. The number of halogens is 3. The smallest absolute Gasteiger partial charge is 0.250 e. The fraction of sp³-hybridized carbons (Fsp3) is 0.125. The second-order valence-corrected chi connectivity index (χ2v) is 7.33. The molecule has 0 atom stereocenters. The lowest BCUT2D eigenvalue weighted by atomic mass is 10.2. The fourth-order valence-corrected chi connectivity index (χ4v) is 3.37. The predicted molar refractivity (Wildman–Crippen MR) is 103 cm³/mol. The molecule has 0 radical (unpaired) electrons. The summed E-state index contributed by atoms with van der Waals surface area (Å²) >= 11 is 16.8. The molecular formula is C16H13BrCl2N2OS. The van der Waals surface area contributed by atoms with E-state index in [9.17, 15) is 4.79 Å². The first-order valence-corrected chi connectivity index (χ1v) is 9.34. The molecular weight excluding hydrogens is 419 g/mol. The third-order valence-electron chi connectivity index (χ3n) is 2.75. The van der Waals surface area contributed by atoms with Crippen LogP contribution in [0.25, 0.3) is 0 Å². The topological polar surface area (TPSA) is 41.5 Å². The summed E-state index contributed by atoms with van der Waals surface area (Å²) in [5.74, 6) is 0.934. The predicted octanol–water partition coefficient (Wildman–Crippen LogP) is 5.14. The van der Waals surface area contributed by atoms with Gasteiger partial charge in [0.1, 0.15) is 0 Å². The van der Waals surface area contributed by atoms with Crippen LogP contribution in [0.15, 0.2) is 52.0 Å². The molecule has 1 amide bonds. The minimum atomic E-state index is -0.161. The van der Waals surface area contributed by atoms with Gasteiger partial charge in [-0.3, -0.25) is 4.79 Å². The van der Waals surface area contributed by atoms with Crippen molar-refractivity contribution in [1.29, 1.82) is 0 Å². The monoisotopic (exact) mass is 430 g/mol. The van der Waals surface area contributed by atoms with Gasteiger partial charge in [-0.1, -0.05) is 57.3 Å². The van der Waals surface area contributed by atoms with Crippen molar-refractivity contribution in [2.24, 2.45) is 5.10 Å². The highest BCUT2D eigenvalue weighted by Gasteiger charge is 2.02. The van der Waals surface area contributed by atoms with Crippen LogP contribution in [-0.2, 0) is 10.5 Å². The molecule has 0 spiro atoms. The normalized spacial score (nSPS) is 10.9. The Morgan fingerprint density at radius 2 is 2.09 bits per heavy atom. The first kappa shape index (κ1) is 18.3. The molecule has 2 aromatic rings. The first-order chi connectivity index (χ1) is 11.0. The zero-order valence-corrected chi connectivity index (χ0v) is 15.8. The Morgan fingerprint density at radius 1 is 1.26 bits per heavy atom. The molecule has 2 rings (SSSR count). The maximum atomic E-state index is 11.7. The van der Waals surface area contributed by atoms with Gasteiger partial charge in [-0.15, -0.1) is 11.8 Å². The number of rotatable bonds is 6. The lowest BCUT2D eigenvalue weighted by Gasteiger charge is -2.02. The molecule has 0 saturated carbocycles. The standard InChI is InChI=1S/C16H13BrCl2N2OS/c17-13-3-1-2-11(6-13)9-23-10-16(22)21-20-8-12-4-5-14(18)7-15(12)19/h1-8H,9-10H2,(H,21,22)/b20-8-. The molecule has 23 heavy (non-hydrogen) atoms. The highest BCUT2D eigenvalue weighted by atomic mass is 79.9. The van der Waals surface area contributed by atoms with Crippen LogP contribution in [0, 0.1) is 0 Å². The zero-order chi connectivity index (χ0) is 16.7. The van der Waals surface area contributed by atoms with Crippen LogP contribution in [0.1, 0.15) is 11.1 Å². The van der Waals surface area contributed by atoms with Crippen molar-refractivity contribution in [2.75, 3.05) is 5.75 Å². The number of thioether (sulfide) groups is 1. The van der Waals surface area contributed by atoms with Crippen molar-refractivity contribution in [3.8, 4) is 0 Å². The summed E-state index contributed by atoms with van der Waals surface area (Å²) < 4.78 is 1.03. The van der Waals surface area contributed by atoms with Gasteiger partial charge in [-0.25, -0.2) is 5.43 Å². The van der Waals surface area contributed by atoms with E-state index < -0.39 is 0 Å². The highest BCUT2D eigenvalue weighted by molar-refractivity contribution is 9.10. The van der Waals surface area contributed by atoms with E-state index in [1.807, 2.05) is 24.3 Å². The molecule has 0 bridgehead atoms. The van der Waals surface area contributed by atoms with E-state index in [4.69, 9.17) is 23.2 Å². The van der Waals surface area contributed by atoms with Crippen LogP contribution < -0.4 is 5.43 Å². The van der Waals surface area contributed by atoms with Crippen LogP contribution in [0.4, 0.5) is 0 Å². The molecule has 7 heteroatoms. The van der Waals surface area contributed by atoms with Crippen LogP contribution in [0.2, 0.25) is 10.0 Å². The van der Waals surface area contributed by atoms with E-state index >= 15 is 0 Å². The summed E-state index contributed by atoms with van der Waals surface area (Å²) in [6, 6.07) is 13.1. The van der Waals surface area contributed by atoms with Gasteiger partial charge in [0, 0.05) is 20.8 Å². The van der Waals surface area contributed by atoms with Crippen LogP contribution >= 0.6 is 50.9 Å². The first-order valence-electron chi connectivity index (χ1n) is 6.64. The van der Waals surface area contributed by atoms with E-state index in [1.165, 1.54) is 18.0 Å². The molecule has 2 aromatic carbocycles. The third-order valence-corrected chi connectivity index (χ3v) is 4.81. The van der Waals surface area contributed by atoms with Gasteiger partial charge in [0.2, 0.25) is 5.91 Å². The number of nitrogens with zero attached hydrogens (tertiary/aromatic N) is 1. The number of hydrogen-bond acceptors (Lipinski definition) is 3. The number of carbonyl (C=O) groups excluding carboxylic acids is 1. The fourth-order valence-electron chi connectivity index (χ4n) is 1.70. The average molecular weight is 432 g/mol. The molecule has 0 heterocycles. The van der Waals surface area contributed by atoms with E-state index in [1.54, 1.807) is 18.2 Å². The number of amides is 1. The molecule has 120 valence electrons. The minimum Gasteiger partial charge on any atom is -0.272 e. The van der Waals surface area contributed by atoms with Crippen molar-refractivity contribution in [3.63, 3.8) is 0 Å². The highest BCUT2D eigenvalue weighted by Crippen LogP contribution is 2.19. The van der Waals surface area contributed by atoms with Gasteiger partial charge in [0.15, 0.2) is 0 Å². The number of hydrazone groups is 1. The summed E-state index contributed by atoms with van der Waals surface area (Å²) in [7, 11) is 0. The molecule has 1 N–H and O–H groups in total. The van der Waals surface area contributed by atoms with Gasteiger partial charge >= 0.3 is 0 Å². The quantitative estimate of drug-likeness (QED) is 0.508. The Bertz CT molecular complexity index is 725. The van der Waals surface area contributed by atoms with Crippen LogP contribution in [0.5, 0.6) is 0 Å². The summed E-state index contributed by atoms with van der Waals surface area (Å²) in [4.78, 5) is 11.7. The van der Waals surface area contributed by atoms with Crippen molar-refractivity contribution in [2.45, 2.75) is 5.75 Å². The molecule has 0 aliphatic rings. The van der Waals surface area contributed by atoms with E-state index in [-0.39, 0.29) is 5.91 Å². The van der Waals surface area contributed by atoms with Crippen molar-refractivity contribution < 1.29 is 4.79 Å². The Labute approximate surface area is 157 Å². The van der Waals surface area contributed by atoms with E-state index in [0.717, 1.165) is 15.8 Å². The van der Waals surface area contributed by atoms with Gasteiger partial charge in [-0.2, -0.15) is 5.10 Å². The Morgan fingerprint density at radius 3 is 2.83 bits per heavy atom. The molecule has 0 aromatic heterocycles. The van der Waals surface area contributed by atoms with Crippen LogP contribution in [-0.4, -0.2) is 17.9 Å². The molecule has 0 aliphatic heterocycles. The second kappa shape index (κ2) is 9.33. The Hall–Kier alpha value is -1.01. The lowest BCUT2D eigenvalue weighted by molar-refractivity contribution is -0.118. The van der Waals surface area contributed by atoms with Crippen LogP contribution in [0.3, 0.4) is 0 Å². The summed E-state index contributed by atoms with van der Waals surface area (Å²) in [5, 5.41) is 4.94. The molecule has 3 nitrogen and oxygen atoms in total. The van der Waals surface area contributed by atoms with E-state index in [2.05, 4.69) is 26.5 Å². The summed E-state index contributed by atoms with van der Waals surface area (Å²) in [6.07, 6.45) is 1.50. The maximum absolute atomic E-state index is 11.7. The van der Waals surface area contributed by atoms with E-state index in [0.29, 0.717) is 21.4 Å². The zero-order valence-electron chi connectivity index (χ0n) is 11.9. The summed E-state index contributed by atoms with van der Waals surface area (Å²) in [6.45, 7) is 0. The molecule has 0 fully saturated rings. The Kier molecular flexibility index (Phi) is 7.43. The van der Waals surface area contributed by atoms with Crippen molar-refractivity contribution in [1.82, 2.24) is 5.43 Å². The average Bonchev–Trinajstić information content (AvgIpc) is 2.49. The second-order valence-electron chi connectivity index (χ2n) is 4.58. The number of carbonyl (C=O) groups is 1. The summed E-state index contributed by atoms with van der Waals surface area (Å²) in [5.41, 5.74) is 4.33. The number of hydrogen-bond donors (Lipinski definition) is 1. The SMILES string of the molecule is O=C(CSCc1cccc(Br)c1)N/N=C\c1ccc(Cl)cc1Cl. The molecule has 0 unspecified atom stereocenters. The van der Waals surface area contributed by atoms with Gasteiger partial charge in [0.05, 0.1) is 17.0 Å². The Balaban J connectivity index is 1.75. The minimum absolute atomic E-state index is 0.161. The number of benzene rings is 2. The largest absolute Gasteiger partial charge is 0.272 e. The van der Waals surface area contributed by atoms with Crippen molar-refractivity contribution >= 4 is 63.0 Å². The van der Waals surface area contributed by atoms with Crippen molar-refractivity contribution in [3.05, 3.63) is 68.1 Å². The van der Waals surface area contributed by atoms with Gasteiger partial charge in [0.25, 0.3) is 0 Å². The van der Waals surface area contributed by atoms with Gasteiger partial charge in [-0.05, 0) is 29.8 Å². The maximum Gasteiger partial charge on any atom is 0.250 e. The lowest BCUT2D eigenvalue weighted by Crippen LogP contribution is -2.19. The van der Waals surface area contributed by atoms with Gasteiger partial charge < -0.3 is 0 Å². The molecule has 0 aliphatic carbocycles.